The zero-order valence-electron chi connectivity index (χ0n) is 13.5. The van der Waals surface area contributed by atoms with Crippen molar-refractivity contribution in [3.8, 4) is 0 Å². The first-order chi connectivity index (χ1) is 11.0. The van der Waals surface area contributed by atoms with Gasteiger partial charge in [0.05, 0.1) is 5.56 Å². The number of hydrogen-bond acceptors (Lipinski definition) is 3. The minimum Gasteiger partial charge on any atom is -0.396 e. The molecule has 0 radical (unpaired) electrons. The third-order valence-corrected chi connectivity index (χ3v) is 3.87. The van der Waals surface area contributed by atoms with E-state index >= 15 is 0 Å². The molecule has 0 spiro atoms. The lowest BCUT2D eigenvalue weighted by atomic mass is 10.1. The number of aliphatic hydroxyl groups excluding tert-OH is 1. The first-order valence-electron chi connectivity index (χ1n) is 7.65. The Hall–Kier alpha value is -2.40. The van der Waals surface area contributed by atoms with E-state index < -0.39 is 0 Å². The van der Waals surface area contributed by atoms with Gasteiger partial charge in [0, 0.05) is 38.5 Å². The molecule has 23 heavy (non-hydrogen) atoms. The number of amides is 1. The van der Waals surface area contributed by atoms with Gasteiger partial charge in [0.1, 0.15) is 0 Å². The smallest absolute Gasteiger partial charge is 0.255 e. The van der Waals surface area contributed by atoms with E-state index in [1.165, 1.54) is 10.6 Å². The van der Waals surface area contributed by atoms with Crippen LogP contribution >= 0.6 is 0 Å². The number of nitrogens with zero attached hydrogens (tertiary/aromatic N) is 2. The molecule has 1 atom stereocenters. The van der Waals surface area contributed by atoms with Gasteiger partial charge in [0.25, 0.3) is 5.91 Å². The quantitative estimate of drug-likeness (QED) is 0.884. The largest absolute Gasteiger partial charge is 0.396 e. The SMILES string of the molecule is CC(CCO)N(Cc1ccccc1)C(=O)c1ccc(=O)n(C)c1. The summed E-state index contributed by atoms with van der Waals surface area (Å²) in [6.07, 6.45) is 2.05. The maximum absolute atomic E-state index is 12.9. The summed E-state index contributed by atoms with van der Waals surface area (Å²) in [5.41, 5.74) is 1.34. The Bertz CT molecular complexity index is 710. The molecule has 5 heteroatoms. The number of benzene rings is 1. The van der Waals surface area contributed by atoms with Crippen LogP contribution in [0.3, 0.4) is 0 Å². The number of aryl methyl sites for hydroxylation is 1. The van der Waals surface area contributed by atoms with Crippen molar-refractivity contribution in [1.29, 1.82) is 0 Å². The maximum Gasteiger partial charge on any atom is 0.255 e. The first-order valence-corrected chi connectivity index (χ1v) is 7.65. The fraction of sp³-hybridized carbons (Fsp3) is 0.333. The summed E-state index contributed by atoms with van der Waals surface area (Å²) in [5.74, 6) is -0.148. The van der Waals surface area contributed by atoms with E-state index in [1.807, 2.05) is 37.3 Å². The van der Waals surface area contributed by atoms with E-state index in [4.69, 9.17) is 0 Å². The van der Waals surface area contributed by atoms with Crippen LogP contribution in [0, 0.1) is 0 Å². The highest BCUT2D eigenvalue weighted by Crippen LogP contribution is 2.14. The van der Waals surface area contributed by atoms with E-state index in [-0.39, 0.29) is 24.1 Å². The molecule has 2 rings (SSSR count). The Morgan fingerprint density at radius 3 is 2.52 bits per heavy atom. The van der Waals surface area contributed by atoms with Crippen LogP contribution in [0.1, 0.15) is 29.3 Å². The van der Waals surface area contributed by atoms with Crippen LogP contribution in [0.25, 0.3) is 0 Å². The lowest BCUT2D eigenvalue weighted by Gasteiger charge is -2.29. The Morgan fingerprint density at radius 2 is 1.91 bits per heavy atom. The van der Waals surface area contributed by atoms with Gasteiger partial charge >= 0.3 is 0 Å². The number of pyridine rings is 1. The number of hydrogen-bond donors (Lipinski definition) is 1. The zero-order valence-corrected chi connectivity index (χ0v) is 13.5. The summed E-state index contributed by atoms with van der Waals surface area (Å²) in [6, 6.07) is 12.6. The third-order valence-electron chi connectivity index (χ3n) is 3.87. The Balaban J connectivity index is 2.29. The van der Waals surface area contributed by atoms with Crippen LogP contribution in [0.4, 0.5) is 0 Å². The summed E-state index contributed by atoms with van der Waals surface area (Å²) < 4.78 is 1.39. The molecule has 0 aliphatic heterocycles. The molecule has 1 aromatic heterocycles. The molecule has 0 saturated carbocycles. The minimum atomic E-state index is -0.153. The first kappa shape index (κ1) is 17.0. The van der Waals surface area contributed by atoms with Crippen molar-refractivity contribution in [2.75, 3.05) is 6.61 Å². The number of aliphatic hydroxyl groups is 1. The summed E-state index contributed by atoms with van der Waals surface area (Å²) >= 11 is 0. The molecule has 0 bridgehead atoms. The Labute approximate surface area is 135 Å². The van der Waals surface area contributed by atoms with Gasteiger partial charge in [-0.15, -0.1) is 0 Å². The molecule has 1 aromatic carbocycles. The van der Waals surface area contributed by atoms with Gasteiger partial charge in [-0.3, -0.25) is 9.59 Å². The van der Waals surface area contributed by atoms with Gasteiger partial charge in [-0.2, -0.15) is 0 Å². The molecule has 0 fully saturated rings. The van der Waals surface area contributed by atoms with Gasteiger partial charge in [-0.1, -0.05) is 30.3 Å². The predicted octanol–water partition coefficient (Wildman–Crippen LogP) is 1.80. The van der Waals surface area contributed by atoms with Gasteiger partial charge in [0.15, 0.2) is 0 Å². The van der Waals surface area contributed by atoms with E-state index in [0.717, 1.165) is 5.56 Å². The second kappa shape index (κ2) is 7.74. The Kier molecular flexibility index (Phi) is 5.71. The summed E-state index contributed by atoms with van der Waals surface area (Å²) in [5, 5.41) is 9.20. The molecule has 122 valence electrons. The van der Waals surface area contributed by atoms with Crippen molar-refractivity contribution in [3.63, 3.8) is 0 Å². The predicted molar refractivity (Wildman–Crippen MR) is 89.2 cm³/mol. The molecule has 5 nitrogen and oxygen atoms in total. The average molecular weight is 314 g/mol. The van der Waals surface area contributed by atoms with E-state index in [0.29, 0.717) is 18.5 Å². The highest BCUT2D eigenvalue weighted by molar-refractivity contribution is 5.94. The number of rotatable bonds is 6. The van der Waals surface area contributed by atoms with Crippen molar-refractivity contribution in [2.24, 2.45) is 7.05 Å². The van der Waals surface area contributed by atoms with Gasteiger partial charge in [-0.05, 0) is 25.0 Å². The summed E-state index contributed by atoms with van der Waals surface area (Å²) in [7, 11) is 1.62. The Morgan fingerprint density at radius 1 is 1.22 bits per heavy atom. The minimum absolute atomic E-state index is 0.0208. The normalized spacial score (nSPS) is 12.0. The van der Waals surface area contributed by atoms with E-state index in [1.54, 1.807) is 24.2 Å². The van der Waals surface area contributed by atoms with Crippen LogP contribution < -0.4 is 5.56 Å². The lowest BCUT2D eigenvalue weighted by Crippen LogP contribution is -2.39. The topological polar surface area (TPSA) is 62.5 Å². The molecular weight excluding hydrogens is 292 g/mol. The van der Waals surface area contributed by atoms with Crippen molar-refractivity contribution < 1.29 is 9.90 Å². The highest BCUT2D eigenvalue weighted by Gasteiger charge is 2.22. The number of carbonyl (C=O) groups excluding carboxylic acids is 1. The molecule has 2 aromatic rings. The summed E-state index contributed by atoms with van der Waals surface area (Å²) in [4.78, 5) is 26.1. The number of carbonyl (C=O) groups is 1. The molecule has 0 aliphatic rings. The third kappa shape index (κ3) is 4.29. The van der Waals surface area contributed by atoms with Crippen molar-refractivity contribution in [1.82, 2.24) is 9.47 Å². The van der Waals surface area contributed by atoms with Crippen molar-refractivity contribution in [3.05, 3.63) is 70.1 Å². The van der Waals surface area contributed by atoms with Gasteiger partial charge in [0.2, 0.25) is 5.56 Å². The highest BCUT2D eigenvalue weighted by atomic mass is 16.3. The molecule has 0 saturated heterocycles. The van der Waals surface area contributed by atoms with Gasteiger partial charge in [-0.25, -0.2) is 0 Å². The van der Waals surface area contributed by atoms with E-state index in [9.17, 15) is 14.7 Å². The fourth-order valence-corrected chi connectivity index (χ4v) is 2.44. The fourth-order valence-electron chi connectivity index (χ4n) is 2.44. The second-order valence-electron chi connectivity index (χ2n) is 5.65. The second-order valence-corrected chi connectivity index (χ2v) is 5.65. The average Bonchev–Trinajstić information content (AvgIpc) is 2.55. The molecule has 1 amide bonds. The van der Waals surface area contributed by atoms with Crippen molar-refractivity contribution >= 4 is 5.91 Å². The summed E-state index contributed by atoms with van der Waals surface area (Å²) in [6.45, 7) is 2.40. The molecule has 1 N–H and O–H groups in total. The molecule has 1 unspecified atom stereocenters. The zero-order chi connectivity index (χ0) is 16.8. The van der Waals surface area contributed by atoms with Crippen molar-refractivity contribution in [2.45, 2.75) is 25.9 Å². The van der Waals surface area contributed by atoms with Gasteiger partial charge < -0.3 is 14.6 Å². The van der Waals surface area contributed by atoms with Crippen LogP contribution in [0.15, 0.2) is 53.5 Å². The standard InChI is InChI=1S/C18H22N2O3/c1-14(10-11-21)20(12-15-6-4-3-5-7-15)18(23)16-8-9-17(22)19(2)13-16/h3-9,13-14,21H,10-12H2,1-2H3. The molecular formula is C18H22N2O3. The van der Waals surface area contributed by atoms with Crippen LogP contribution in [-0.2, 0) is 13.6 Å². The number of aromatic nitrogens is 1. The maximum atomic E-state index is 12.9. The molecule has 1 heterocycles. The van der Waals surface area contributed by atoms with Crippen LogP contribution in [0.2, 0.25) is 0 Å². The monoisotopic (exact) mass is 314 g/mol. The van der Waals surface area contributed by atoms with E-state index in [2.05, 4.69) is 0 Å². The molecule has 0 aliphatic carbocycles. The van der Waals surface area contributed by atoms with Crippen LogP contribution in [0.5, 0.6) is 0 Å². The van der Waals surface area contributed by atoms with Crippen LogP contribution in [-0.4, -0.2) is 33.1 Å². The lowest BCUT2D eigenvalue weighted by molar-refractivity contribution is 0.0647.